The van der Waals surface area contributed by atoms with Crippen LogP contribution in [-0.4, -0.2) is 43.4 Å². The van der Waals surface area contributed by atoms with Crippen molar-refractivity contribution in [2.24, 2.45) is 0 Å². The lowest BCUT2D eigenvalue weighted by molar-refractivity contribution is -0.0228. The first-order valence-corrected chi connectivity index (χ1v) is 7.38. The van der Waals surface area contributed by atoms with Gasteiger partial charge in [0.25, 0.3) is 0 Å². The smallest absolute Gasteiger partial charge is 0.244 e. The Morgan fingerprint density at radius 3 is 3.00 bits per heavy atom. The molecule has 1 aromatic heterocycles. The first kappa shape index (κ1) is 14.2. The summed E-state index contributed by atoms with van der Waals surface area (Å²) in [6.07, 6.45) is 1.38. The number of aliphatic hydroxyl groups is 1. The lowest BCUT2D eigenvalue weighted by Crippen LogP contribution is -2.47. The zero-order chi connectivity index (χ0) is 14.1. The number of pyridine rings is 1. The van der Waals surface area contributed by atoms with Crippen LogP contribution >= 0.6 is 0 Å². The van der Waals surface area contributed by atoms with Gasteiger partial charge in [-0.25, -0.2) is 18.1 Å². The molecule has 106 valence electrons. The van der Waals surface area contributed by atoms with Crippen LogP contribution in [0.2, 0.25) is 0 Å². The molecule has 2 unspecified atom stereocenters. The summed E-state index contributed by atoms with van der Waals surface area (Å²) in [7, 11) is -3.79. The third-order valence-electron chi connectivity index (χ3n) is 3.32. The largest absolute Gasteiger partial charge is 0.386 e. The Balaban J connectivity index is 2.13. The number of anilines is 1. The van der Waals surface area contributed by atoms with E-state index in [0.717, 1.165) is 0 Å². The third-order valence-corrected chi connectivity index (χ3v) is 4.77. The summed E-state index contributed by atoms with van der Waals surface area (Å²) in [5.74, 6) is -0.0716. The maximum atomic E-state index is 12.1. The maximum absolute atomic E-state index is 12.1. The molecular weight excluding hydrogens is 270 g/mol. The quantitative estimate of drug-likeness (QED) is 0.686. The van der Waals surface area contributed by atoms with E-state index >= 15 is 0 Å². The summed E-state index contributed by atoms with van der Waals surface area (Å²) < 4.78 is 31.7. The van der Waals surface area contributed by atoms with Crippen LogP contribution in [0.3, 0.4) is 0 Å². The van der Waals surface area contributed by atoms with E-state index < -0.39 is 21.7 Å². The van der Waals surface area contributed by atoms with Gasteiger partial charge in [-0.05, 0) is 19.1 Å². The van der Waals surface area contributed by atoms with E-state index in [1.165, 1.54) is 18.3 Å². The molecule has 8 heteroatoms. The van der Waals surface area contributed by atoms with Crippen LogP contribution in [-0.2, 0) is 14.8 Å². The summed E-state index contributed by atoms with van der Waals surface area (Å²) >= 11 is 0. The van der Waals surface area contributed by atoms with Gasteiger partial charge in [0.1, 0.15) is 16.3 Å². The van der Waals surface area contributed by atoms with Crippen molar-refractivity contribution in [1.82, 2.24) is 9.71 Å². The van der Waals surface area contributed by atoms with Gasteiger partial charge in [-0.1, -0.05) is 0 Å². The molecule has 1 aliphatic heterocycles. The van der Waals surface area contributed by atoms with Crippen LogP contribution in [0.25, 0.3) is 0 Å². The molecule has 19 heavy (non-hydrogen) atoms. The van der Waals surface area contributed by atoms with Crippen molar-refractivity contribution in [3.8, 4) is 0 Å². The van der Waals surface area contributed by atoms with E-state index in [-0.39, 0.29) is 17.3 Å². The predicted octanol–water partition coefficient (Wildman–Crippen LogP) is -0.518. The Hall–Kier alpha value is -1.22. The molecule has 1 saturated heterocycles. The Bertz CT molecular complexity index is 563. The molecule has 4 N–H and O–H groups in total. The number of nitrogens with zero attached hydrogens (tertiary/aromatic N) is 1. The average molecular weight is 287 g/mol. The molecule has 0 radical (unpaired) electrons. The number of hydrogen-bond acceptors (Lipinski definition) is 6. The normalized spacial score (nSPS) is 27.6. The van der Waals surface area contributed by atoms with Gasteiger partial charge in [0, 0.05) is 25.8 Å². The highest BCUT2D eigenvalue weighted by molar-refractivity contribution is 7.89. The van der Waals surface area contributed by atoms with Crippen molar-refractivity contribution < 1.29 is 18.3 Å². The molecule has 1 aliphatic rings. The first-order valence-electron chi connectivity index (χ1n) is 5.89. The van der Waals surface area contributed by atoms with Crippen LogP contribution in [0, 0.1) is 0 Å². The molecule has 1 aromatic rings. The highest BCUT2D eigenvalue weighted by atomic mass is 32.2. The molecular formula is C11H17N3O4S. The number of hydrogen-bond donors (Lipinski definition) is 3. The van der Waals surface area contributed by atoms with Crippen molar-refractivity contribution in [3.05, 3.63) is 18.3 Å². The molecule has 1 fully saturated rings. The van der Waals surface area contributed by atoms with Crippen molar-refractivity contribution in [1.29, 1.82) is 0 Å². The summed E-state index contributed by atoms with van der Waals surface area (Å²) in [4.78, 5) is 3.64. The van der Waals surface area contributed by atoms with Gasteiger partial charge in [0.15, 0.2) is 0 Å². The van der Waals surface area contributed by atoms with Gasteiger partial charge < -0.3 is 15.6 Å². The highest BCUT2D eigenvalue weighted by Gasteiger charge is 2.40. The fraction of sp³-hybridized carbons (Fsp3) is 0.545. The van der Waals surface area contributed by atoms with Crippen LogP contribution in [0.1, 0.15) is 13.3 Å². The van der Waals surface area contributed by atoms with Crippen molar-refractivity contribution in [2.45, 2.75) is 29.9 Å². The van der Waals surface area contributed by atoms with Crippen LogP contribution in [0.5, 0.6) is 0 Å². The minimum absolute atomic E-state index is 0.0716. The molecule has 2 atom stereocenters. The van der Waals surface area contributed by atoms with Crippen LogP contribution < -0.4 is 10.5 Å². The monoisotopic (exact) mass is 287 g/mol. The zero-order valence-corrected chi connectivity index (χ0v) is 11.4. The maximum Gasteiger partial charge on any atom is 0.244 e. The number of rotatable bonds is 4. The topological polar surface area (TPSA) is 115 Å². The molecule has 0 saturated carbocycles. The summed E-state index contributed by atoms with van der Waals surface area (Å²) in [6, 6.07) is 2.85. The summed E-state index contributed by atoms with van der Waals surface area (Å²) in [5.41, 5.74) is 4.34. The Morgan fingerprint density at radius 2 is 2.42 bits per heavy atom. The second-order valence-corrected chi connectivity index (χ2v) is 6.31. The van der Waals surface area contributed by atoms with Gasteiger partial charge in [-0.15, -0.1) is 0 Å². The number of ether oxygens (including phenoxy) is 1. The molecule has 0 amide bonds. The molecule has 0 aliphatic carbocycles. The van der Waals surface area contributed by atoms with Crippen molar-refractivity contribution in [2.75, 3.05) is 18.9 Å². The van der Waals surface area contributed by atoms with Gasteiger partial charge in [0.05, 0.1) is 6.10 Å². The Kier molecular flexibility index (Phi) is 3.77. The van der Waals surface area contributed by atoms with Crippen LogP contribution in [0.15, 0.2) is 23.2 Å². The van der Waals surface area contributed by atoms with Gasteiger partial charge in [-0.3, -0.25) is 0 Å². The van der Waals surface area contributed by atoms with E-state index in [0.29, 0.717) is 13.0 Å². The van der Waals surface area contributed by atoms with E-state index in [1.54, 1.807) is 6.92 Å². The van der Waals surface area contributed by atoms with Crippen molar-refractivity contribution >= 4 is 15.8 Å². The lowest BCUT2D eigenvalue weighted by atomic mass is 9.97. The fourth-order valence-corrected chi connectivity index (χ4v) is 3.11. The van der Waals surface area contributed by atoms with Crippen LogP contribution in [0.4, 0.5) is 5.82 Å². The third kappa shape index (κ3) is 2.86. The molecule has 2 rings (SSSR count). The molecule has 0 aromatic carbocycles. The highest BCUT2D eigenvalue weighted by Crippen LogP contribution is 2.25. The van der Waals surface area contributed by atoms with E-state index in [4.69, 9.17) is 10.5 Å². The first-order chi connectivity index (χ1) is 8.85. The minimum atomic E-state index is -3.79. The predicted molar refractivity (Wildman–Crippen MR) is 68.8 cm³/mol. The van der Waals surface area contributed by atoms with E-state index in [1.807, 2.05) is 0 Å². The number of nitrogen functional groups attached to an aromatic ring is 1. The van der Waals surface area contributed by atoms with E-state index in [2.05, 4.69) is 9.71 Å². The average Bonchev–Trinajstić information content (AvgIpc) is 2.68. The summed E-state index contributed by atoms with van der Waals surface area (Å²) in [5, 5.41) is 10.2. The molecule has 7 nitrogen and oxygen atoms in total. The number of aromatic nitrogens is 1. The fourth-order valence-electron chi connectivity index (χ4n) is 1.93. The molecule has 0 bridgehead atoms. The minimum Gasteiger partial charge on any atom is -0.386 e. The lowest BCUT2D eigenvalue weighted by Gasteiger charge is -2.26. The second-order valence-electron chi connectivity index (χ2n) is 4.58. The Labute approximate surface area is 111 Å². The molecule has 2 heterocycles. The van der Waals surface area contributed by atoms with Gasteiger partial charge in [-0.2, -0.15) is 0 Å². The van der Waals surface area contributed by atoms with Crippen molar-refractivity contribution in [3.63, 3.8) is 0 Å². The molecule has 0 spiro atoms. The standard InChI is InChI=1S/C11H17N3O4S/c1-8-11(15,4-6-18-8)7-14-19(16,17)9-3-2-5-13-10(9)12/h2-3,5,8,14-15H,4,6-7H2,1H3,(H2,12,13). The van der Waals surface area contributed by atoms with Gasteiger partial charge >= 0.3 is 0 Å². The number of sulfonamides is 1. The summed E-state index contributed by atoms with van der Waals surface area (Å²) in [6.45, 7) is 2.00. The van der Waals surface area contributed by atoms with Gasteiger partial charge in [0.2, 0.25) is 10.0 Å². The number of nitrogens with two attached hydrogens (primary N) is 1. The zero-order valence-electron chi connectivity index (χ0n) is 10.5. The second kappa shape index (κ2) is 5.04. The van der Waals surface area contributed by atoms with E-state index in [9.17, 15) is 13.5 Å². The SMILES string of the molecule is CC1OCCC1(O)CNS(=O)(=O)c1cccnc1N. The number of nitrogens with one attached hydrogen (secondary N) is 1. The Morgan fingerprint density at radius 1 is 1.68 bits per heavy atom.